The van der Waals surface area contributed by atoms with Crippen LogP contribution >= 0.6 is 0 Å². The summed E-state index contributed by atoms with van der Waals surface area (Å²) in [5.41, 5.74) is 7.50. The molecule has 0 saturated carbocycles. The van der Waals surface area contributed by atoms with Gasteiger partial charge in [-0.25, -0.2) is 9.37 Å². The molecule has 5 heteroatoms. The van der Waals surface area contributed by atoms with Crippen molar-refractivity contribution in [3.8, 4) is 11.6 Å². The minimum atomic E-state index is -0.521. The van der Waals surface area contributed by atoms with E-state index in [1.54, 1.807) is 6.07 Å². The van der Waals surface area contributed by atoms with Crippen molar-refractivity contribution in [2.75, 3.05) is 0 Å². The van der Waals surface area contributed by atoms with Crippen LogP contribution in [0.4, 0.5) is 4.39 Å². The molecule has 2 rings (SSSR count). The monoisotopic (exact) mass is 261 g/mol. The van der Waals surface area contributed by atoms with Crippen LogP contribution in [0, 0.1) is 12.7 Å². The number of halogens is 1. The third kappa shape index (κ3) is 2.88. The second kappa shape index (κ2) is 5.75. The number of aromatic nitrogens is 2. The third-order valence-corrected chi connectivity index (χ3v) is 2.77. The topological polar surface area (TPSA) is 61.0 Å². The van der Waals surface area contributed by atoms with Gasteiger partial charge in [0.25, 0.3) is 5.88 Å². The molecule has 100 valence electrons. The van der Waals surface area contributed by atoms with Crippen molar-refractivity contribution in [2.24, 2.45) is 5.73 Å². The van der Waals surface area contributed by atoms with E-state index in [2.05, 4.69) is 9.97 Å². The summed E-state index contributed by atoms with van der Waals surface area (Å²) in [4.78, 5) is 8.26. The average molecular weight is 261 g/mol. The Balaban J connectivity index is 2.36. The Morgan fingerprint density at radius 3 is 2.79 bits per heavy atom. The zero-order valence-electron chi connectivity index (χ0n) is 11.0. The summed E-state index contributed by atoms with van der Waals surface area (Å²) < 4.78 is 19.5. The molecule has 0 unspecified atom stereocenters. The van der Waals surface area contributed by atoms with E-state index in [0.29, 0.717) is 17.7 Å². The van der Waals surface area contributed by atoms with Gasteiger partial charge in [0.1, 0.15) is 0 Å². The molecule has 19 heavy (non-hydrogen) atoms. The van der Waals surface area contributed by atoms with Crippen LogP contribution < -0.4 is 10.5 Å². The van der Waals surface area contributed by atoms with Crippen molar-refractivity contribution in [3.05, 3.63) is 47.2 Å². The molecule has 0 saturated heterocycles. The van der Waals surface area contributed by atoms with Crippen LogP contribution in [0.2, 0.25) is 0 Å². The van der Waals surface area contributed by atoms with E-state index in [-0.39, 0.29) is 12.4 Å². The lowest BCUT2D eigenvalue weighted by molar-refractivity contribution is 0.413. The van der Waals surface area contributed by atoms with Crippen LogP contribution in [-0.2, 0) is 13.0 Å². The Hall–Kier alpha value is -2.01. The third-order valence-electron chi connectivity index (χ3n) is 2.77. The van der Waals surface area contributed by atoms with Gasteiger partial charge in [-0.1, -0.05) is 6.92 Å². The van der Waals surface area contributed by atoms with E-state index in [4.69, 9.17) is 10.5 Å². The Kier molecular flexibility index (Phi) is 4.06. The summed E-state index contributed by atoms with van der Waals surface area (Å²) >= 11 is 0. The number of ether oxygens (including phenoxy) is 1. The number of nitrogens with two attached hydrogens (primary N) is 1. The van der Waals surface area contributed by atoms with Crippen molar-refractivity contribution < 1.29 is 9.13 Å². The molecule has 2 aromatic rings. The Morgan fingerprint density at radius 1 is 1.32 bits per heavy atom. The van der Waals surface area contributed by atoms with E-state index >= 15 is 0 Å². The highest BCUT2D eigenvalue weighted by Gasteiger charge is 2.13. The average Bonchev–Trinajstić information content (AvgIpc) is 2.42. The first-order valence-corrected chi connectivity index (χ1v) is 6.13. The van der Waals surface area contributed by atoms with Gasteiger partial charge < -0.3 is 10.5 Å². The molecule has 2 heterocycles. The second-order valence-corrected chi connectivity index (χ2v) is 4.15. The quantitative estimate of drug-likeness (QED) is 0.919. The van der Waals surface area contributed by atoms with Crippen LogP contribution in [-0.4, -0.2) is 9.97 Å². The SMILES string of the molecule is CCc1nc(C)ccc1Oc1nccc(CN)c1F. The minimum Gasteiger partial charge on any atom is -0.435 e. The normalized spacial score (nSPS) is 10.5. The molecule has 0 aliphatic carbocycles. The zero-order valence-corrected chi connectivity index (χ0v) is 11.0. The fraction of sp³-hybridized carbons (Fsp3) is 0.286. The number of rotatable bonds is 4. The zero-order chi connectivity index (χ0) is 13.8. The van der Waals surface area contributed by atoms with Crippen LogP contribution in [0.1, 0.15) is 23.9 Å². The maximum atomic E-state index is 14.0. The molecule has 0 aromatic carbocycles. The fourth-order valence-corrected chi connectivity index (χ4v) is 1.74. The van der Waals surface area contributed by atoms with Crippen LogP contribution in [0.25, 0.3) is 0 Å². The van der Waals surface area contributed by atoms with Gasteiger partial charge in [0.2, 0.25) is 0 Å². The number of hydrogen-bond acceptors (Lipinski definition) is 4. The van der Waals surface area contributed by atoms with Gasteiger partial charge in [0.15, 0.2) is 11.6 Å². The van der Waals surface area contributed by atoms with E-state index in [0.717, 1.165) is 11.4 Å². The summed E-state index contributed by atoms with van der Waals surface area (Å²) in [7, 11) is 0. The van der Waals surface area contributed by atoms with Crippen molar-refractivity contribution >= 4 is 0 Å². The maximum Gasteiger partial charge on any atom is 0.256 e. The van der Waals surface area contributed by atoms with Crippen molar-refractivity contribution in [3.63, 3.8) is 0 Å². The van der Waals surface area contributed by atoms with Gasteiger partial charge in [-0.15, -0.1) is 0 Å². The predicted octanol–water partition coefficient (Wildman–Crippen LogP) is 2.74. The van der Waals surface area contributed by atoms with Gasteiger partial charge in [-0.05, 0) is 31.5 Å². The first-order valence-electron chi connectivity index (χ1n) is 6.13. The highest BCUT2D eigenvalue weighted by molar-refractivity contribution is 5.34. The highest BCUT2D eigenvalue weighted by Crippen LogP contribution is 2.26. The number of pyridine rings is 2. The molecule has 2 aromatic heterocycles. The first-order chi connectivity index (χ1) is 9.15. The largest absolute Gasteiger partial charge is 0.435 e. The molecule has 0 atom stereocenters. The minimum absolute atomic E-state index is 0.0664. The summed E-state index contributed by atoms with van der Waals surface area (Å²) in [5.74, 6) is -0.0652. The summed E-state index contributed by atoms with van der Waals surface area (Å²) in [6, 6.07) is 5.13. The van der Waals surface area contributed by atoms with Crippen molar-refractivity contribution in [1.29, 1.82) is 0 Å². The molecule has 2 N–H and O–H groups in total. The van der Waals surface area contributed by atoms with E-state index in [1.165, 1.54) is 12.3 Å². The highest BCUT2D eigenvalue weighted by atomic mass is 19.1. The number of aryl methyl sites for hydroxylation is 2. The summed E-state index contributed by atoms with van der Waals surface area (Å²) in [6.45, 7) is 3.98. The maximum absolute atomic E-state index is 14.0. The predicted molar refractivity (Wildman–Crippen MR) is 70.5 cm³/mol. The van der Waals surface area contributed by atoms with Crippen molar-refractivity contribution in [1.82, 2.24) is 9.97 Å². The molecule has 0 fully saturated rings. The van der Waals surface area contributed by atoms with Gasteiger partial charge in [0.05, 0.1) is 5.69 Å². The number of nitrogens with zero attached hydrogens (tertiary/aromatic N) is 2. The smallest absolute Gasteiger partial charge is 0.256 e. The van der Waals surface area contributed by atoms with Gasteiger partial charge in [-0.2, -0.15) is 0 Å². The molecule has 0 aliphatic heterocycles. The lowest BCUT2D eigenvalue weighted by Gasteiger charge is -2.11. The van der Waals surface area contributed by atoms with E-state index < -0.39 is 5.82 Å². The first kappa shape index (κ1) is 13.4. The molecule has 0 amide bonds. The molecular formula is C14H16FN3O. The van der Waals surface area contributed by atoms with Crippen molar-refractivity contribution in [2.45, 2.75) is 26.8 Å². The molecule has 0 bridgehead atoms. The molecule has 0 radical (unpaired) electrons. The molecule has 4 nitrogen and oxygen atoms in total. The Morgan fingerprint density at radius 2 is 2.11 bits per heavy atom. The Labute approximate surface area is 111 Å². The molecule has 0 spiro atoms. The molecule has 0 aliphatic rings. The van der Waals surface area contributed by atoms with Gasteiger partial charge in [0, 0.05) is 24.0 Å². The van der Waals surface area contributed by atoms with Gasteiger partial charge in [-0.3, -0.25) is 4.98 Å². The lowest BCUT2D eigenvalue weighted by Crippen LogP contribution is -2.04. The van der Waals surface area contributed by atoms with Crippen LogP contribution in [0.5, 0.6) is 11.6 Å². The fourth-order valence-electron chi connectivity index (χ4n) is 1.74. The van der Waals surface area contributed by atoms with E-state index in [9.17, 15) is 4.39 Å². The van der Waals surface area contributed by atoms with Crippen LogP contribution in [0.15, 0.2) is 24.4 Å². The van der Waals surface area contributed by atoms with E-state index in [1.807, 2.05) is 19.9 Å². The Bertz CT molecular complexity index is 587. The van der Waals surface area contributed by atoms with Crippen LogP contribution in [0.3, 0.4) is 0 Å². The second-order valence-electron chi connectivity index (χ2n) is 4.15. The molecular weight excluding hydrogens is 245 g/mol. The van der Waals surface area contributed by atoms with Gasteiger partial charge >= 0.3 is 0 Å². The number of hydrogen-bond donors (Lipinski definition) is 1. The summed E-state index contributed by atoms with van der Waals surface area (Å²) in [6.07, 6.45) is 2.18. The standard InChI is InChI=1S/C14H16FN3O/c1-3-11-12(5-4-9(2)18-11)19-14-13(15)10(8-16)6-7-17-14/h4-7H,3,8,16H2,1-2H3. The summed E-state index contributed by atoms with van der Waals surface area (Å²) in [5, 5.41) is 0. The lowest BCUT2D eigenvalue weighted by atomic mass is 10.2.